The molecule has 2 atom stereocenters. The van der Waals surface area contributed by atoms with Crippen LogP contribution in [0.2, 0.25) is 0 Å². The highest BCUT2D eigenvalue weighted by Gasteiger charge is 2.62. The average molecular weight is 233 g/mol. The number of carboxylic acids is 1. The first kappa shape index (κ1) is 11.3. The second-order valence-electron chi connectivity index (χ2n) is 4.48. The molecule has 90 valence electrons. The lowest BCUT2D eigenvalue weighted by Gasteiger charge is -2.30. The van der Waals surface area contributed by atoms with Gasteiger partial charge in [-0.1, -0.05) is 0 Å². The molecular weight excluding hydrogens is 220 g/mol. The number of halogens is 2. The number of hydrogen-bond donors (Lipinski definition) is 1. The smallest absolute Gasteiger partial charge is 0.308 e. The zero-order chi connectivity index (χ0) is 11.9. The Morgan fingerprint density at radius 1 is 1.38 bits per heavy atom. The van der Waals surface area contributed by atoms with Gasteiger partial charge in [0.05, 0.1) is 5.92 Å². The van der Waals surface area contributed by atoms with Crippen LogP contribution in [0.15, 0.2) is 0 Å². The molecule has 1 saturated heterocycles. The van der Waals surface area contributed by atoms with Crippen LogP contribution in [0.1, 0.15) is 19.3 Å². The van der Waals surface area contributed by atoms with Gasteiger partial charge in [-0.15, -0.1) is 0 Å². The van der Waals surface area contributed by atoms with Crippen LogP contribution in [0.4, 0.5) is 8.78 Å². The van der Waals surface area contributed by atoms with Gasteiger partial charge in [0.25, 0.3) is 5.92 Å². The monoisotopic (exact) mass is 233 g/mol. The highest BCUT2D eigenvalue weighted by Crippen LogP contribution is 2.49. The van der Waals surface area contributed by atoms with E-state index in [0.717, 1.165) is 0 Å². The van der Waals surface area contributed by atoms with Gasteiger partial charge in [0.2, 0.25) is 5.91 Å². The van der Waals surface area contributed by atoms with Gasteiger partial charge < -0.3 is 10.0 Å². The van der Waals surface area contributed by atoms with Crippen molar-refractivity contribution in [3.8, 4) is 0 Å². The van der Waals surface area contributed by atoms with Crippen molar-refractivity contribution in [2.75, 3.05) is 13.1 Å². The maximum atomic E-state index is 12.7. The molecule has 2 rings (SSSR count). The number of piperidine rings is 1. The van der Waals surface area contributed by atoms with E-state index < -0.39 is 29.6 Å². The number of carboxylic acid groups (broad SMARTS) is 1. The summed E-state index contributed by atoms with van der Waals surface area (Å²) in [5.74, 6) is -6.23. The third-order valence-corrected chi connectivity index (χ3v) is 3.21. The lowest BCUT2D eigenvalue weighted by atomic mass is 9.98. The van der Waals surface area contributed by atoms with Crippen molar-refractivity contribution in [1.29, 1.82) is 0 Å². The van der Waals surface area contributed by atoms with Gasteiger partial charge >= 0.3 is 5.97 Å². The molecule has 0 aromatic carbocycles. The quantitative estimate of drug-likeness (QED) is 0.773. The Balaban J connectivity index is 1.95. The van der Waals surface area contributed by atoms with Crippen molar-refractivity contribution < 1.29 is 23.5 Å². The first-order chi connectivity index (χ1) is 7.42. The van der Waals surface area contributed by atoms with Gasteiger partial charge in [-0.05, 0) is 12.8 Å². The van der Waals surface area contributed by atoms with Crippen LogP contribution in [0.25, 0.3) is 0 Å². The van der Waals surface area contributed by atoms with E-state index in [4.69, 9.17) is 5.11 Å². The molecule has 1 amide bonds. The second-order valence-corrected chi connectivity index (χ2v) is 4.48. The minimum Gasteiger partial charge on any atom is -0.481 e. The number of carbonyl (C=O) groups excluding carboxylic acids is 1. The summed E-state index contributed by atoms with van der Waals surface area (Å²) in [6, 6.07) is 0. The molecule has 2 aliphatic rings. The molecule has 1 heterocycles. The van der Waals surface area contributed by atoms with Crippen molar-refractivity contribution in [2.45, 2.75) is 25.2 Å². The predicted octanol–water partition coefficient (Wildman–Crippen LogP) is 0.965. The number of likely N-dealkylation sites (tertiary alicyclic amines) is 1. The molecule has 1 aliphatic carbocycles. The first-order valence-electron chi connectivity index (χ1n) is 5.31. The third kappa shape index (κ3) is 2.01. The fourth-order valence-corrected chi connectivity index (χ4v) is 2.08. The van der Waals surface area contributed by atoms with Crippen LogP contribution in [-0.4, -0.2) is 40.9 Å². The summed E-state index contributed by atoms with van der Waals surface area (Å²) in [4.78, 5) is 23.6. The summed E-state index contributed by atoms with van der Waals surface area (Å²) >= 11 is 0. The third-order valence-electron chi connectivity index (χ3n) is 3.21. The molecule has 1 unspecified atom stereocenters. The van der Waals surface area contributed by atoms with E-state index in [0.29, 0.717) is 19.4 Å². The lowest BCUT2D eigenvalue weighted by molar-refractivity contribution is -0.146. The normalized spacial score (nSPS) is 32.2. The summed E-state index contributed by atoms with van der Waals surface area (Å²) in [5, 5.41) is 8.81. The van der Waals surface area contributed by atoms with Gasteiger partial charge in [0.1, 0.15) is 5.92 Å². The molecule has 0 aromatic rings. The van der Waals surface area contributed by atoms with Crippen LogP contribution >= 0.6 is 0 Å². The molecule has 0 aromatic heterocycles. The summed E-state index contributed by atoms with van der Waals surface area (Å²) in [5.41, 5.74) is 0. The lowest BCUT2D eigenvalue weighted by Crippen LogP contribution is -2.43. The maximum Gasteiger partial charge on any atom is 0.308 e. The second kappa shape index (κ2) is 3.68. The van der Waals surface area contributed by atoms with Crippen molar-refractivity contribution in [1.82, 2.24) is 4.90 Å². The Morgan fingerprint density at radius 2 is 2.00 bits per heavy atom. The molecule has 0 spiro atoms. The van der Waals surface area contributed by atoms with Gasteiger partial charge in [0.15, 0.2) is 0 Å². The molecule has 0 bridgehead atoms. The molecule has 1 aliphatic heterocycles. The van der Waals surface area contributed by atoms with E-state index >= 15 is 0 Å². The molecule has 16 heavy (non-hydrogen) atoms. The minimum atomic E-state index is -2.87. The number of aliphatic carboxylic acids is 1. The van der Waals surface area contributed by atoms with Crippen LogP contribution < -0.4 is 0 Å². The van der Waals surface area contributed by atoms with Gasteiger partial charge in [-0.3, -0.25) is 9.59 Å². The van der Waals surface area contributed by atoms with Crippen molar-refractivity contribution >= 4 is 11.9 Å². The van der Waals surface area contributed by atoms with E-state index in [-0.39, 0.29) is 13.0 Å². The van der Waals surface area contributed by atoms with Gasteiger partial charge in [-0.2, -0.15) is 0 Å². The Bertz CT molecular complexity index is 332. The Kier molecular flexibility index (Phi) is 2.59. The molecular formula is C10H13F2NO3. The molecule has 0 radical (unpaired) electrons. The number of hydrogen-bond acceptors (Lipinski definition) is 2. The summed E-state index contributed by atoms with van der Waals surface area (Å²) in [7, 11) is 0. The summed E-state index contributed by atoms with van der Waals surface area (Å²) < 4.78 is 25.4. The Morgan fingerprint density at radius 3 is 2.50 bits per heavy atom. The number of rotatable bonds is 2. The van der Waals surface area contributed by atoms with E-state index in [1.807, 2.05) is 0 Å². The molecule has 4 nitrogen and oxygen atoms in total. The van der Waals surface area contributed by atoms with Crippen LogP contribution in [0.5, 0.6) is 0 Å². The zero-order valence-electron chi connectivity index (χ0n) is 8.66. The van der Waals surface area contributed by atoms with E-state index in [1.165, 1.54) is 4.90 Å². The topological polar surface area (TPSA) is 57.6 Å². The Hall–Kier alpha value is -1.20. The molecule has 1 N–H and O–H groups in total. The van der Waals surface area contributed by atoms with Gasteiger partial charge in [-0.25, -0.2) is 8.78 Å². The average Bonchev–Trinajstić information content (AvgIpc) is 2.87. The van der Waals surface area contributed by atoms with Crippen molar-refractivity contribution in [3.05, 3.63) is 0 Å². The predicted molar refractivity (Wildman–Crippen MR) is 50.0 cm³/mol. The fraction of sp³-hybridized carbons (Fsp3) is 0.800. The summed E-state index contributed by atoms with van der Waals surface area (Å²) in [6.07, 6.45) is 0.696. The first-order valence-corrected chi connectivity index (χ1v) is 5.31. The SMILES string of the molecule is O=C(O)[C@@H]1CCCN(C(=O)C2CC2(F)F)C1. The van der Waals surface area contributed by atoms with Crippen LogP contribution in [0, 0.1) is 11.8 Å². The molecule has 2 fully saturated rings. The minimum absolute atomic E-state index is 0.0702. The highest BCUT2D eigenvalue weighted by molar-refractivity contribution is 5.83. The van der Waals surface area contributed by atoms with Crippen molar-refractivity contribution in [3.63, 3.8) is 0 Å². The standard InChI is InChI=1S/C10H13F2NO3/c11-10(12)4-7(10)8(14)13-3-1-2-6(5-13)9(15)16/h6-7H,1-5H2,(H,15,16)/t6-,7?/m1/s1. The van der Waals surface area contributed by atoms with Gasteiger partial charge in [0, 0.05) is 19.5 Å². The number of nitrogens with zero attached hydrogens (tertiary/aromatic N) is 1. The zero-order valence-corrected chi connectivity index (χ0v) is 8.66. The van der Waals surface area contributed by atoms with Crippen LogP contribution in [-0.2, 0) is 9.59 Å². The largest absolute Gasteiger partial charge is 0.481 e. The maximum absolute atomic E-state index is 12.7. The van der Waals surface area contributed by atoms with E-state index in [2.05, 4.69) is 0 Å². The molecule has 6 heteroatoms. The Labute approximate surface area is 91.2 Å². The van der Waals surface area contributed by atoms with Crippen molar-refractivity contribution in [2.24, 2.45) is 11.8 Å². The number of carbonyl (C=O) groups is 2. The van der Waals surface area contributed by atoms with E-state index in [9.17, 15) is 18.4 Å². The highest BCUT2D eigenvalue weighted by atomic mass is 19.3. The van der Waals surface area contributed by atoms with Crippen LogP contribution in [0.3, 0.4) is 0 Å². The molecule has 1 saturated carbocycles. The fourth-order valence-electron chi connectivity index (χ4n) is 2.08. The summed E-state index contributed by atoms with van der Waals surface area (Å²) in [6.45, 7) is 0.468. The van der Waals surface area contributed by atoms with E-state index in [1.54, 1.807) is 0 Å². The number of alkyl halides is 2. The number of amides is 1.